The number of nitrogens with one attached hydrogen (secondary N) is 4. The summed E-state index contributed by atoms with van der Waals surface area (Å²) in [6, 6.07) is 37.8. The summed E-state index contributed by atoms with van der Waals surface area (Å²) in [5.41, 5.74) is 8.94. The van der Waals surface area contributed by atoms with Gasteiger partial charge in [-0.2, -0.15) is 52.7 Å². The zero-order valence-electron chi connectivity index (χ0n) is 38.8. The molecule has 29 heteroatoms. The average molecular weight is 1160 g/mol. The Kier molecular flexibility index (Phi) is 24.2. The molecule has 0 spiro atoms. The van der Waals surface area contributed by atoms with Crippen molar-refractivity contribution in [3.8, 4) is 20.9 Å². The monoisotopic (exact) mass is 1160 g/mol. The van der Waals surface area contributed by atoms with Crippen LogP contribution in [0.5, 0.6) is 0 Å². The first kappa shape index (κ1) is 63.8. The Hall–Kier alpha value is -7.46. The number of pyridine rings is 2. The van der Waals surface area contributed by atoms with Gasteiger partial charge in [0.2, 0.25) is 0 Å². The first-order chi connectivity index (χ1) is 35.9. The highest BCUT2D eigenvalue weighted by Gasteiger charge is 2.40. The molecule has 0 bridgehead atoms. The van der Waals surface area contributed by atoms with E-state index in [9.17, 15) is 52.7 Å². The molecule has 8 N–H and O–H groups in total. The number of thiophene rings is 1. The van der Waals surface area contributed by atoms with Crippen molar-refractivity contribution in [1.29, 1.82) is 0 Å². The zero-order valence-corrected chi connectivity index (χ0v) is 41.1. The second-order valence-electron chi connectivity index (χ2n) is 15.0. The Bertz CT molecular complexity index is 2800. The van der Waals surface area contributed by atoms with Crippen molar-refractivity contribution in [3.05, 3.63) is 143 Å². The van der Waals surface area contributed by atoms with Crippen LogP contribution in [0.3, 0.4) is 0 Å². The Labute approximate surface area is 441 Å². The number of anilines is 2. The fourth-order valence-corrected chi connectivity index (χ4v) is 7.16. The van der Waals surface area contributed by atoms with Crippen molar-refractivity contribution in [2.24, 2.45) is 0 Å². The van der Waals surface area contributed by atoms with Gasteiger partial charge < -0.3 is 41.7 Å². The lowest BCUT2D eigenvalue weighted by molar-refractivity contribution is -0.193. The number of nitrogens with zero attached hydrogens (tertiary/aromatic N) is 2. The van der Waals surface area contributed by atoms with Gasteiger partial charge in [0.05, 0.1) is 11.0 Å². The fraction of sp³-hybridized carbons (Fsp3) is 0.208. The predicted molar refractivity (Wildman–Crippen MR) is 264 cm³/mol. The summed E-state index contributed by atoms with van der Waals surface area (Å²) in [4.78, 5) is 47.0. The molecular formula is C48H40Cl2F12N6O8S. The lowest BCUT2D eigenvalue weighted by Crippen LogP contribution is -2.21. The number of carbonyl (C=O) groups is 4. The van der Waals surface area contributed by atoms with Crippen molar-refractivity contribution in [2.45, 2.75) is 37.8 Å². The van der Waals surface area contributed by atoms with Crippen LogP contribution >= 0.6 is 34.5 Å². The van der Waals surface area contributed by atoms with Crippen molar-refractivity contribution in [2.75, 3.05) is 36.8 Å². The highest BCUT2D eigenvalue weighted by Crippen LogP contribution is 2.35. The van der Waals surface area contributed by atoms with Crippen LogP contribution < -0.4 is 21.3 Å². The first-order valence-corrected chi connectivity index (χ1v) is 22.9. The van der Waals surface area contributed by atoms with E-state index in [1.807, 2.05) is 72.3 Å². The van der Waals surface area contributed by atoms with Gasteiger partial charge in [0, 0.05) is 93.6 Å². The van der Waals surface area contributed by atoms with Gasteiger partial charge in [-0.25, -0.2) is 19.2 Å². The smallest absolute Gasteiger partial charge is 0.475 e. The molecule has 3 aromatic heterocycles. The van der Waals surface area contributed by atoms with Gasteiger partial charge in [0.1, 0.15) is 0 Å². The van der Waals surface area contributed by atoms with Crippen LogP contribution in [0.2, 0.25) is 10.0 Å². The van der Waals surface area contributed by atoms with Gasteiger partial charge in [-0.15, -0.1) is 11.3 Å². The molecule has 0 saturated carbocycles. The van der Waals surface area contributed by atoms with Crippen LogP contribution in [-0.4, -0.2) is 105 Å². The second kappa shape index (κ2) is 29.2. The molecule has 0 aliphatic heterocycles. The lowest BCUT2D eigenvalue weighted by Gasteiger charge is -2.11. The molecule has 414 valence electrons. The molecule has 7 rings (SSSR count). The largest absolute Gasteiger partial charge is 0.490 e. The van der Waals surface area contributed by atoms with Crippen LogP contribution in [0.25, 0.3) is 42.7 Å². The molecule has 0 atom stereocenters. The number of carboxylic acids is 4. The number of rotatable bonds is 14. The lowest BCUT2D eigenvalue weighted by atomic mass is 10.1. The minimum Gasteiger partial charge on any atom is -0.475 e. The summed E-state index contributed by atoms with van der Waals surface area (Å²) in [5, 5.41) is 46.2. The molecule has 3 heterocycles. The van der Waals surface area contributed by atoms with Gasteiger partial charge in [0.25, 0.3) is 0 Å². The molecule has 0 fully saturated rings. The van der Waals surface area contributed by atoms with Gasteiger partial charge in [-0.05, 0) is 82.9 Å². The number of aliphatic carboxylic acids is 4. The number of aromatic nitrogens is 2. The van der Waals surface area contributed by atoms with Crippen LogP contribution in [0.4, 0.5) is 64.1 Å². The van der Waals surface area contributed by atoms with E-state index in [0.717, 1.165) is 72.4 Å². The quantitative estimate of drug-likeness (QED) is 0.0375. The van der Waals surface area contributed by atoms with Gasteiger partial charge in [-0.1, -0.05) is 71.7 Å². The van der Waals surface area contributed by atoms with Crippen LogP contribution in [-0.2, 0) is 32.3 Å². The number of halogens is 14. The van der Waals surface area contributed by atoms with Crippen molar-refractivity contribution >= 4 is 91.6 Å². The number of hydrogen-bond acceptors (Lipinski definition) is 11. The molecule has 14 nitrogen and oxygen atoms in total. The molecule has 0 aliphatic rings. The number of benzene rings is 4. The molecule has 0 amide bonds. The molecule has 7 aromatic rings. The summed E-state index contributed by atoms with van der Waals surface area (Å²) in [5.74, 6) is -11.0. The highest BCUT2D eigenvalue weighted by atomic mass is 35.5. The Morgan fingerprint density at radius 3 is 1.03 bits per heavy atom. The van der Waals surface area contributed by atoms with Crippen LogP contribution in [0.1, 0.15) is 11.1 Å². The van der Waals surface area contributed by atoms with Crippen molar-refractivity contribution in [3.63, 3.8) is 0 Å². The molecular weight excluding hydrogens is 1120 g/mol. The summed E-state index contributed by atoms with van der Waals surface area (Å²) in [7, 11) is 0. The maximum atomic E-state index is 10.6. The SMILES string of the molecule is Clc1ccc2c(NCCNCc3ccc(-c4ccc(-c5ccc(CNCCNc6ccnc7cc(Cl)ccc67)cc5)s4)cc3)ccnc2c1.O=C(O)C(F)(F)F.O=C(O)C(F)(F)F.O=C(O)C(F)(F)F.O=C(O)C(F)(F)F. The minimum absolute atomic E-state index is 0.697. The van der Waals surface area contributed by atoms with Gasteiger partial charge >= 0.3 is 48.6 Å². The summed E-state index contributed by atoms with van der Waals surface area (Å²) < 4.78 is 127. The van der Waals surface area contributed by atoms with Crippen molar-refractivity contribution in [1.82, 2.24) is 20.6 Å². The number of fused-ring (bicyclic) bond motifs is 2. The van der Waals surface area contributed by atoms with E-state index in [0.29, 0.717) is 10.0 Å². The highest BCUT2D eigenvalue weighted by molar-refractivity contribution is 7.18. The first-order valence-electron chi connectivity index (χ1n) is 21.3. The summed E-state index contributed by atoms with van der Waals surface area (Å²) >= 11 is 14.1. The fourth-order valence-electron chi connectivity index (χ4n) is 5.81. The normalized spacial score (nSPS) is 11.3. The zero-order chi connectivity index (χ0) is 57.7. The average Bonchev–Trinajstić information content (AvgIpc) is 3.84. The van der Waals surface area contributed by atoms with Crippen molar-refractivity contribution < 1.29 is 92.3 Å². The second-order valence-corrected chi connectivity index (χ2v) is 17.0. The molecule has 77 heavy (non-hydrogen) atoms. The van der Waals surface area contributed by atoms with Crippen LogP contribution in [0.15, 0.2) is 122 Å². The van der Waals surface area contributed by atoms with Crippen LogP contribution in [0, 0.1) is 0 Å². The molecule has 0 saturated heterocycles. The third-order valence-corrected chi connectivity index (χ3v) is 11.0. The number of alkyl halides is 12. The Morgan fingerprint density at radius 2 is 0.740 bits per heavy atom. The van der Waals surface area contributed by atoms with E-state index < -0.39 is 48.6 Å². The summed E-state index contributed by atoms with van der Waals surface area (Å²) in [6.45, 7) is 4.96. The molecule has 4 aromatic carbocycles. The van der Waals surface area contributed by atoms with Gasteiger partial charge in [-0.3, -0.25) is 9.97 Å². The third-order valence-electron chi connectivity index (χ3n) is 9.36. The van der Waals surface area contributed by atoms with E-state index in [1.54, 1.807) is 0 Å². The van der Waals surface area contributed by atoms with E-state index in [2.05, 4.69) is 91.9 Å². The van der Waals surface area contributed by atoms with Gasteiger partial charge in [0.15, 0.2) is 0 Å². The van der Waals surface area contributed by atoms with E-state index >= 15 is 0 Å². The minimum atomic E-state index is -5.08. The van der Waals surface area contributed by atoms with E-state index in [4.69, 9.17) is 62.8 Å². The number of carboxylic acid groups (broad SMARTS) is 4. The van der Waals surface area contributed by atoms with E-state index in [-0.39, 0.29) is 0 Å². The third kappa shape index (κ3) is 22.7. The predicted octanol–water partition coefficient (Wildman–Crippen LogP) is 12.4. The topological polar surface area (TPSA) is 223 Å². The molecule has 0 unspecified atom stereocenters. The number of hydrogen-bond donors (Lipinski definition) is 8. The Morgan fingerprint density at radius 1 is 0.442 bits per heavy atom. The van der Waals surface area contributed by atoms with E-state index in [1.165, 1.54) is 32.0 Å². The Balaban J connectivity index is 0.000000456. The summed E-state index contributed by atoms with van der Waals surface area (Å²) in [6.07, 6.45) is -16.7. The molecule has 0 aliphatic carbocycles. The maximum absolute atomic E-state index is 10.6. The molecule has 0 radical (unpaired) electrons. The standard InChI is InChI=1S/C40H36Cl2N6S.4C2HF3O2/c41-31-9-11-33-35(15-17-45-37(33)23-31)47-21-19-43-25-27-1-5-29(6-2-27)39-13-14-40(49-39)30-7-3-28(4-8-30)26-44-20-22-48-36-16-18-46-38-24-32(42)10-12-34(36)38;4*3-2(4,5)1(6)7/h1-18,23-24,43-44H,19-22,25-26H2,(H,45,47)(H,46,48);4*(H,6,7). The maximum Gasteiger partial charge on any atom is 0.490 e.